The molecule has 1 saturated heterocycles. The first kappa shape index (κ1) is 25.0. The number of benzene rings is 3. The third-order valence-corrected chi connectivity index (χ3v) is 8.02. The van der Waals surface area contributed by atoms with Crippen molar-refractivity contribution in [2.75, 3.05) is 24.7 Å². The molecule has 6 rings (SSSR count). The first-order chi connectivity index (χ1) is 18.9. The number of nitrogens with zero attached hydrogens (tertiary/aromatic N) is 2. The third kappa shape index (κ3) is 3.63. The van der Waals surface area contributed by atoms with Gasteiger partial charge in [0, 0.05) is 28.9 Å². The summed E-state index contributed by atoms with van der Waals surface area (Å²) in [4.78, 5) is 35.0. The van der Waals surface area contributed by atoms with E-state index in [1.165, 1.54) is 4.90 Å². The summed E-state index contributed by atoms with van der Waals surface area (Å²) in [5.41, 5.74) is 3.95. The molecule has 3 amide bonds. The maximum Gasteiger partial charge on any atom is 0.332 e. The summed E-state index contributed by atoms with van der Waals surface area (Å²) in [5.74, 6) is 0.894. The van der Waals surface area contributed by atoms with Crippen LogP contribution >= 0.6 is 0 Å². The zero-order valence-corrected chi connectivity index (χ0v) is 22.8. The topological polar surface area (TPSA) is 74.9 Å². The Morgan fingerprint density at radius 1 is 0.974 bits per heavy atom. The molecule has 1 N–H and O–H groups in total. The summed E-state index contributed by atoms with van der Waals surface area (Å²) in [7, 11) is 0. The van der Waals surface area contributed by atoms with E-state index in [1.807, 2.05) is 81.4 Å². The number of amides is 3. The second kappa shape index (κ2) is 9.49. The Morgan fingerprint density at radius 3 is 2.51 bits per heavy atom. The maximum absolute atomic E-state index is 14.2. The smallest absolute Gasteiger partial charge is 0.332 e. The predicted octanol–water partition coefficient (Wildman–Crippen LogP) is 6.49. The van der Waals surface area contributed by atoms with Crippen LogP contribution in [-0.2, 0) is 10.3 Å². The van der Waals surface area contributed by atoms with E-state index in [9.17, 15) is 9.59 Å². The summed E-state index contributed by atoms with van der Waals surface area (Å²) in [6.45, 7) is 9.19. The molecule has 2 aliphatic rings. The lowest BCUT2D eigenvalue weighted by Gasteiger charge is -2.40. The molecule has 1 aromatic heterocycles. The number of H-pyrrole nitrogens is 1. The Labute approximate surface area is 228 Å². The van der Waals surface area contributed by atoms with Crippen molar-refractivity contribution in [2.45, 2.75) is 45.6 Å². The van der Waals surface area contributed by atoms with E-state index in [-0.39, 0.29) is 17.9 Å². The Bertz CT molecular complexity index is 1590. The lowest BCUT2D eigenvalue weighted by atomic mass is 9.78. The van der Waals surface area contributed by atoms with Gasteiger partial charge >= 0.3 is 6.03 Å². The number of hydrogen-bond acceptors (Lipinski definition) is 4. The molecule has 3 aromatic carbocycles. The number of para-hydroxylation sites is 3. The monoisotopic (exact) mass is 523 g/mol. The molecule has 2 atom stereocenters. The number of aromatic amines is 1. The van der Waals surface area contributed by atoms with Gasteiger partial charge in [0.15, 0.2) is 17.0 Å². The van der Waals surface area contributed by atoms with Gasteiger partial charge in [0.2, 0.25) is 0 Å². The number of carbonyl (C=O) groups excluding carboxylic acids is 2. The molecule has 0 spiro atoms. The molecule has 0 saturated carbocycles. The molecule has 7 nitrogen and oxygen atoms in total. The van der Waals surface area contributed by atoms with Crippen molar-refractivity contribution in [3.8, 4) is 11.5 Å². The van der Waals surface area contributed by atoms with Gasteiger partial charge in [-0.05, 0) is 56.5 Å². The number of fused-ring (bicyclic) bond motifs is 5. The number of urea groups is 1. The largest absolute Gasteiger partial charge is 0.490 e. The van der Waals surface area contributed by atoms with Crippen LogP contribution in [0.5, 0.6) is 11.5 Å². The fraction of sp³-hybridized carbons (Fsp3) is 0.312. The first-order valence-corrected chi connectivity index (χ1v) is 13.6. The van der Waals surface area contributed by atoms with E-state index in [2.05, 4.69) is 18.0 Å². The van der Waals surface area contributed by atoms with Crippen molar-refractivity contribution in [3.05, 3.63) is 89.1 Å². The quantitative estimate of drug-likeness (QED) is 0.281. The molecule has 0 radical (unpaired) electrons. The SMILES string of the molecule is CCCOc1cccc([C@@H]2CN3C(=O)N(c4ccccc4C)C(=O)[C@]3(C)c3[nH]c4ccccc4c32)c1OCC. The Hall–Kier alpha value is -4.26. The van der Waals surface area contributed by atoms with Crippen LogP contribution in [0.15, 0.2) is 66.7 Å². The first-order valence-electron chi connectivity index (χ1n) is 13.6. The molecule has 2 aliphatic heterocycles. The van der Waals surface area contributed by atoms with Gasteiger partial charge in [-0.15, -0.1) is 0 Å². The van der Waals surface area contributed by atoms with Crippen molar-refractivity contribution in [1.82, 2.24) is 9.88 Å². The summed E-state index contributed by atoms with van der Waals surface area (Å²) in [5, 5.41) is 1.04. The number of imide groups is 1. The van der Waals surface area contributed by atoms with Crippen LogP contribution < -0.4 is 14.4 Å². The number of carbonyl (C=O) groups is 2. The number of aryl methyl sites for hydroxylation is 1. The molecular formula is C32H33N3O4. The van der Waals surface area contributed by atoms with Crippen LogP contribution in [0.1, 0.15) is 55.5 Å². The van der Waals surface area contributed by atoms with Gasteiger partial charge in [0.1, 0.15) is 0 Å². The summed E-state index contributed by atoms with van der Waals surface area (Å²) < 4.78 is 12.3. The fourth-order valence-corrected chi connectivity index (χ4v) is 6.13. The minimum atomic E-state index is -1.17. The summed E-state index contributed by atoms with van der Waals surface area (Å²) >= 11 is 0. The predicted molar refractivity (Wildman–Crippen MR) is 152 cm³/mol. The van der Waals surface area contributed by atoms with E-state index in [4.69, 9.17) is 9.47 Å². The Morgan fingerprint density at radius 2 is 1.74 bits per heavy atom. The highest BCUT2D eigenvalue weighted by atomic mass is 16.5. The second-order valence-electron chi connectivity index (χ2n) is 10.4. The molecular weight excluding hydrogens is 490 g/mol. The third-order valence-electron chi connectivity index (χ3n) is 8.02. The van der Waals surface area contributed by atoms with Gasteiger partial charge in [-0.25, -0.2) is 9.69 Å². The van der Waals surface area contributed by atoms with Crippen molar-refractivity contribution in [1.29, 1.82) is 0 Å². The van der Waals surface area contributed by atoms with Crippen LogP contribution in [0, 0.1) is 6.92 Å². The highest BCUT2D eigenvalue weighted by Crippen LogP contribution is 2.52. The van der Waals surface area contributed by atoms with Crippen LogP contribution in [0.3, 0.4) is 0 Å². The van der Waals surface area contributed by atoms with Gasteiger partial charge in [0.05, 0.1) is 24.6 Å². The molecule has 4 aromatic rings. The molecule has 39 heavy (non-hydrogen) atoms. The van der Waals surface area contributed by atoms with E-state index in [1.54, 1.807) is 4.90 Å². The van der Waals surface area contributed by atoms with Crippen molar-refractivity contribution < 1.29 is 19.1 Å². The molecule has 7 heteroatoms. The molecule has 200 valence electrons. The van der Waals surface area contributed by atoms with Gasteiger partial charge < -0.3 is 19.4 Å². The van der Waals surface area contributed by atoms with Crippen LogP contribution in [0.25, 0.3) is 10.9 Å². The van der Waals surface area contributed by atoms with E-state index in [0.29, 0.717) is 36.9 Å². The average molecular weight is 524 g/mol. The molecule has 0 bridgehead atoms. The van der Waals surface area contributed by atoms with Gasteiger partial charge in [0.25, 0.3) is 5.91 Å². The minimum Gasteiger partial charge on any atom is -0.490 e. The number of anilines is 1. The molecule has 0 aliphatic carbocycles. The normalized spacial score (nSPS) is 20.4. The lowest BCUT2D eigenvalue weighted by Crippen LogP contribution is -2.50. The van der Waals surface area contributed by atoms with E-state index >= 15 is 0 Å². The summed E-state index contributed by atoms with van der Waals surface area (Å²) in [6, 6.07) is 21.2. The number of aromatic nitrogens is 1. The van der Waals surface area contributed by atoms with Gasteiger partial charge in [-0.1, -0.05) is 55.5 Å². The van der Waals surface area contributed by atoms with Crippen molar-refractivity contribution in [3.63, 3.8) is 0 Å². The highest BCUT2D eigenvalue weighted by molar-refractivity contribution is 6.24. The van der Waals surface area contributed by atoms with E-state index in [0.717, 1.165) is 39.7 Å². The molecule has 0 unspecified atom stereocenters. The van der Waals surface area contributed by atoms with Gasteiger partial charge in [-0.3, -0.25) is 4.79 Å². The number of hydrogen-bond donors (Lipinski definition) is 1. The van der Waals surface area contributed by atoms with Crippen molar-refractivity contribution >= 4 is 28.5 Å². The van der Waals surface area contributed by atoms with E-state index < -0.39 is 5.54 Å². The Kier molecular flexibility index (Phi) is 6.09. The minimum absolute atomic E-state index is 0.232. The van der Waals surface area contributed by atoms with Crippen LogP contribution in [0.4, 0.5) is 10.5 Å². The molecule has 1 fully saturated rings. The Balaban J connectivity index is 1.58. The van der Waals surface area contributed by atoms with Crippen molar-refractivity contribution in [2.24, 2.45) is 0 Å². The zero-order chi connectivity index (χ0) is 27.3. The maximum atomic E-state index is 14.2. The number of ether oxygens (including phenoxy) is 2. The van der Waals surface area contributed by atoms with Crippen LogP contribution in [0.2, 0.25) is 0 Å². The second-order valence-corrected chi connectivity index (χ2v) is 10.4. The highest BCUT2D eigenvalue weighted by Gasteiger charge is 2.61. The standard InChI is InChI=1S/C32H33N3O4/c1-5-18-39-26-17-11-14-21(28(26)38-6-2)23-19-34-31(37)35(25-16-10-7-12-20(25)3)30(36)32(34,4)29-27(23)22-13-8-9-15-24(22)33-29/h7-17,23,33H,5-6,18-19H2,1-4H3/t23-,32-/m0/s1. The number of rotatable bonds is 7. The lowest BCUT2D eigenvalue weighted by molar-refractivity contribution is -0.125. The molecule has 3 heterocycles. The fourth-order valence-electron chi connectivity index (χ4n) is 6.13. The average Bonchev–Trinajstić information content (AvgIpc) is 3.42. The zero-order valence-electron chi connectivity index (χ0n) is 22.8. The number of nitrogens with one attached hydrogen (secondary N) is 1. The summed E-state index contributed by atoms with van der Waals surface area (Å²) in [6.07, 6.45) is 0.878. The van der Waals surface area contributed by atoms with Gasteiger partial charge in [-0.2, -0.15) is 0 Å². The van der Waals surface area contributed by atoms with Crippen LogP contribution in [-0.4, -0.2) is 41.6 Å².